The second-order valence-electron chi connectivity index (χ2n) is 13.2. The van der Waals surface area contributed by atoms with Crippen LogP contribution in [-0.2, 0) is 21.1 Å². The second kappa shape index (κ2) is 12.5. The van der Waals surface area contributed by atoms with Gasteiger partial charge in [-0.15, -0.1) is 11.5 Å². The molecule has 0 fully saturated rings. The van der Waals surface area contributed by atoms with E-state index in [1.54, 1.807) is 0 Å². The molecule has 2 aromatic heterocycles. The van der Waals surface area contributed by atoms with Gasteiger partial charge in [0.1, 0.15) is 5.82 Å². The molecule has 240 valence electrons. The molecule has 0 saturated heterocycles. The third-order valence-electron chi connectivity index (χ3n) is 9.62. The van der Waals surface area contributed by atoms with Gasteiger partial charge >= 0.3 is 21.1 Å². The van der Waals surface area contributed by atoms with E-state index in [1.165, 1.54) is 21.4 Å². The first kappa shape index (κ1) is 28.6. The molecule has 8 rings (SSSR count). The predicted octanol–water partition coefficient (Wildman–Crippen LogP) is 8.93. The third-order valence-corrected chi connectivity index (χ3v) is 12.9. The number of hydrogen-bond acceptors (Lipinski definition) is 3. The smallest absolute Gasteiger partial charge is 0.355 e. The average Bonchev–Trinajstić information content (AvgIpc) is 3.68. The van der Waals surface area contributed by atoms with E-state index in [0.717, 1.165) is 49.5 Å². The summed E-state index contributed by atoms with van der Waals surface area (Å²) in [6.07, 6.45) is 1.91. The van der Waals surface area contributed by atoms with Gasteiger partial charge in [-0.25, -0.2) is 4.98 Å². The molecule has 5 aromatic carbocycles. The zero-order valence-corrected chi connectivity index (χ0v) is 30.7. The monoisotopic (exact) mass is 824 g/mol. The fourth-order valence-electron chi connectivity index (χ4n) is 7.01. The number of anilines is 3. The molecule has 0 N–H and O–H groups in total. The van der Waals surface area contributed by atoms with Crippen LogP contribution in [0.5, 0.6) is 0 Å². The van der Waals surface area contributed by atoms with Crippen molar-refractivity contribution in [2.45, 2.75) is 32.9 Å². The Hall–Kier alpha value is -4.44. The van der Waals surface area contributed by atoms with E-state index < -0.39 is 15.0 Å². The molecular formula is C42H38N4PtSi. The number of benzene rings is 5. The van der Waals surface area contributed by atoms with Gasteiger partial charge in [-0.05, 0) is 58.3 Å². The summed E-state index contributed by atoms with van der Waals surface area (Å²) in [5, 5.41) is 4.60. The molecule has 4 nitrogen and oxygen atoms in total. The maximum atomic E-state index is 8.15. The van der Waals surface area contributed by atoms with Gasteiger partial charge in [-0.3, -0.25) is 0 Å². The van der Waals surface area contributed by atoms with Gasteiger partial charge in [-0.2, -0.15) is 46.8 Å². The molecule has 0 saturated carbocycles. The summed E-state index contributed by atoms with van der Waals surface area (Å²) in [4.78, 5) is 8.46. The van der Waals surface area contributed by atoms with E-state index in [0.29, 0.717) is 11.6 Å². The number of rotatable bonds is 6. The summed E-state index contributed by atoms with van der Waals surface area (Å²) < 4.78 is 26.7. The van der Waals surface area contributed by atoms with Crippen LogP contribution in [0, 0.1) is 12.1 Å². The molecule has 1 aliphatic rings. The minimum absolute atomic E-state index is 0. The molecule has 7 aromatic rings. The second-order valence-corrected chi connectivity index (χ2v) is 17.5. The van der Waals surface area contributed by atoms with Gasteiger partial charge in [0.2, 0.25) is 0 Å². The van der Waals surface area contributed by atoms with Crippen molar-refractivity contribution < 1.29 is 25.2 Å². The van der Waals surface area contributed by atoms with E-state index in [-0.39, 0.29) is 27.7 Å². The molecule has 0 radical (unpaired) electrons. The van der Waals surface area contributed by atoms with Crippen molar-refractivity contribution in [2.75, 3.05) is 23.4 Å². The molecular weight excluding hydrogens is 784 g/mol. The molecule has 0 atom stereocenters. The maximum Gasteiger partial charge on any atom is 2.00 e. The fraction of sp³-hybridized carbons (Fsp3) is 0.167. The van der Waals surface area contributed by atoms with Crippen LogP contribution in [0.1, 0.15) is 29.4 Å². The normalized spacial score (nSPS) is 14.1. The quantitative estimate of drug-likeness (QED) is 0.124. The number of aromatic nitrogens is 2. The maximum absolute atomic E-state index is 8.15. The van der Waals surface area contributed by atoms with Crippen LogP contribution < -0.4 is 20.2 Å². The van der Waals surface area contributed by atoms with Crippen LogP contribution in [0.2, 0.25) is 13.1 Å². The van der Waals surface area contributed by atoms with E-state index in [1.807, 2.05) is 36.5 Å². The standard InChI is InChI=1S/C42H38N4Si.Pt/c1-29(2)34-15-6-7-16-35(34)30-23-24-43-42(25-30)46-38-18-9-8-17-36(38)37-22-21-33(27-41(37)46)47(4,5)32-14-12-13-31(26-32)45-28-44(3)39-19-10-11-20-40(39)45;/h6-25,29H,28H2,1-5H3;/q-2;+2/i3D3;. The van der Waals surface area contributed by atoms with Crippen LogP contribution in [0.3, 0.4) is 0 Å². The Bertz CT molecular complexity index is 2400. The number of pyridine rings is 1. The zero-order chi connectivity index (χ0) is 34.8. The number of fused-ring (bicyclic) bond motifs is 4. The van der Waals surface area contributed by atoms with Crippen molar-refractivity contribution in [3.05, 3.63) is 139 Å². The summed E-state index contributed by atoms with van der Waals surface area (Å²) in [6.45, 7) is 7.14. The van der Waals surface area contributed by atoms with Gasteiger partial charge in [0, 0.05) is 22.8 Å². The molecule has 0 aliphatic carbocycles. The van der Waals surface area contributed by atoms with Gasteiger partial charge in [-0.1, -0.05) is 92.7 Å². The predicted molar refractivity (Wildman–Crippen MR) is 201 cm³/mol. The molecule has 48 heavy (non-hydrogen) atoms. The first-order valence-electron chi connectivity index (χ1n) is 17.7. The minimum atomic E-state index is -2.35. The average molecular weight is 825 g/mol. The van der Waals surface area contributed by atoms with E-state index in [2.05, 4.69) is 133 Å². The largest absolute Gasteiger partial charge is 2.00 e. The van der Waals surface area contributed by atoms with E-state index in [9.17, 15) is 0 Å². The molecule has 6 heteroatoms. The summed E-state index contributed by atoms with van der Waals surface area (Å²) in [5.74, 6) is 1.26. The van der Waals surface area contributed by atoms with Crippen molar-refractivity contribution in [3.8, 4) is 16.9 Å². The van der Waals surface area contributed by atoms with Crippen LogP contribution in [0.4, 0.5) is 17.1 Å². The third kappa shape index (κ3) is 5.30. The van der Waals surface area contributed by atoms with Gasteiger partial charge in [0.15, 0.2) is 0 Å². The van der Waals surface area contributed by atoms with Crippen molar-refractivity contribution in [1.82, 2.24) is 9.55 Å². The summed E-state index contributed by atoms with van der Waals surface area (Å²) >= 11 is 0. The Morgan fingerprint density at radius 1 is 0.771 bits per heavy atom. The Balaban J connectivity index is 0.00000406. The van der Waals surface area contributed by atoms with Crippen molar-refractivity contribution in [2.24, 2.45) is 0 Å². The Labute approximate surface area is 303 Å². The molecule has 3 heterocycles. The van der Waals surface area contributed by atoms with E-state index in [4.69, 9.17) is 9.10 Å². The van der Waals surface area contributed by atoms with Crippen LogP contribution in [0.15, 0.2) is 121 Å². The molecule has 1 aliphatic heterocycles. The summed E-state index contributed by atoms with van der Waals surface area (Å²) in [5.41, 5.74) is 8.22. The minimum Gasteiger partial charge on any atom is -0.355 e. The van der Waals surface area contributed by atoms with Crippen LogP contribution >= 0.6 is 0 Å². The molecule has 0 spiro atoms. The molecule has 0 bridgehead atoms. The van der Waals surface area contributed by atoms with Crippen LogP contribution in [0.25, 0.3) is 38.8 Å². The summed E-state index contributed by atoms with van der Waals surface area (Å²) in [7, 11) is -2.35. The first-order chi connectivity index (χ1) is 24.0. The van der Waals surface area contributed by atoms with Crippen molar-refractivity contribution in [3.63, 3.8) is 0 Å². The van der Waals surface area contributed by atoms with E-state index >= 15 is 0 Å². The zero-order valence-electron chi connectivity index (χ0n) is 30.4. The van der Waals surface area contributed by atoms with Gasteiger partial charge in [0.25, 0.3) is 0 Å². The Morgan fingerprint density at radius 3 is 2.35 bits per heavy atom. The summed E-state index contributed by atoms with van der Waals surface area (Å²) in [6, 6.07) is 47.5. The van der Waals surface area contributed by atoms with Gasteiger partial charge in [0.05, 0.1) is 26.1 Å². The number of hydrogen-bond donors (Lipinski definition) is 0. The van der Waals surface area contributed by atoms with Crippen molar-refractivity contribution >= 4 is 57.3 Å². The number of para-hydroxylation sites is 3. The fourth-order valence-corrected chi connectivity index (χ4v) is 9.19. The SMILES string of the molecule is [2H]C([2H])([2H])N1CN(c2[c-]c([Si](C)(C)c3[c-]c4c(cc3)c3ccccc3n4-c3cc(-c4ccccc4C(C)C)ccn3)ccc2)c2ccccc21.[Pt+2]. The molecule has 0 unspecified atom stereocenters. The number of nitrogens with zero attached hydrogens (tertiary/aromatic N) is 4. The Kier molecular flexibility index (Phi) is 7.46. The van der Waals surface area contributed by atoms with Gasteiger partial charge < -0.3 is 14.4 Å². The molecule has 0 amide bonds. The first-order valence-corrected chi connectivity index (χ1v) is 19.2. The topological polar surface area (TPSA) is 24.3 Å². The van der Waals surface area contributed by atoms with Crippen molar-refractivity contribution in [1.29, 1.82) is 0 Å². The van der Waals surface area contributed by atoms with Crippen LogP contribution in [-0.4, -0.2) is 31.3 Å². The Morgan fingerprint density at radius 2 is 1.52 bits per heavy atom.